The van der Waals surface area contributed by atoms with Crippen molar-refractivity contribution in [1.29, 1.82) is 0 Å². The molecule has 0 atom stereocenters. The SMILES string of the molecule is c1csc(CN2CC3(C2)OCc2nc(C4CC4)ncc23)c1. The lowest BCUT2D eigenvalue weighted by Crippen LogP contribution is -2.58. The van der Waals surface area contributed by atoms with Crippen LogP contribution in [-0.2, 0) is 23.5 Å². The Morgan fingerprint density at radius 2 is 2.29 bits per heavy atom. The first-order valence-corrected chi connectivity index (χ1v) is 8.45. The van der Waals surface area contributed by atoms with Gasteiger partial charge in [-0.2, -0.15) is 0 Å². The molecule has 1 aliphatic carbocycles. The van der Waals surface area contributed by atoms with Gasteiger partial charge in [-0.05, 0) is 24.3 Å². The first-order valence-electron chi connectivity index (χ1n) is 7.57. The minimum atomic E-state index is -0.130. The summed E-state index contributed by atoms with van der Waals surface area (Å²) in [7, 11) is 0. The topological polar surface area (TPSA) is 38.2 Å². The number of ether oxygens (including phenoxy) is 1. The van der Waals surface area contributed by atoms with Gasteiger partial charge in [-0.15, -0.1) is 11.3 Å². The molecule has 21 heavy (non-hydrogen) atoms. The Hall–Kier alpha value is -1.30. The molecule has 0 aromatic carbocycles. The van der Waals surface area contributed by atoms with E-state index in [2.05, 4.69) is 27.4 Å². The molecule has 0 radical (unpaired) electrons. The second-order valence-electron chi connectivity index (χ2n) is 6.37. The number of hydrogen-bond donors (Lipinski definition) is 0. The Morgan fingerprint density at radius 3 is 3.05 bits per heavy atom. The molecule has 5 heteroatoms. The number of hydrogen-bond acceptors (Lipinski definition) is 5. The van der Waals surface area contributed by atoms with Crippen LogP contribution in [0, 0.1) is 0 Å². The Labute approximate surface area is 127 Å². The van der Waals surface area contributed by atoms with Crippen molar-refractivity contribution in [2.24, 2.45) is 0 Å². The Kier molecular flexibility index (Phi) is 2.54. The fraction of sp³-hybridized carbons (Fsp3) is 0.500. The summed E-state index contributed by atoms with van der Waals surface area (Å²) < 4.78 is 6.11. The van der Waals surface area contributed by atoms with Crippen molar-refractivity contribution < 1.29 is 4.74 Å². The molecular formula is C16H17N3OS. The summed E-state index contributed by atoms with van der Waals surface area (Å²) in [5.41, 5.74) is 2.23. The minimum absolute atomic E-state index is 0.130. The van der Waals surface area contributed by atoms with E-state index in [0.29, 0.717) is 12.5 Å². The first kappa shape index (κ1) is 12.3. The summed E-state index contributed by atoms with van der Waals surface area (Å²) in [4.78, 5) is 13.2. The fourth-order valence-corrected chi connectivity index (χ4v) is 4.16. The molecule has 2 aromatic heterocycles. The van der Waals surface area contributed by atoms with Crippen molar-refractivity contribution in [3.63, 3.8) is 0 Å². The molecule has 0 bridgehead atoms. The number of fused-ring (bicyclic) bond motifs is 2. The van der Waals surface area contributed by atoms with Gasteiger partial charge in [0.2, 0.25) is 0 Å². The van der Waals surface area contributed by atoms with Crippen LogP contribution in [0.15, 0.2) is 23.7 Å². The lowest BCUT2D eigenvalue weighted by molar-refractivity contribution is -0.144. The molecule has 5 rings (SSSR count). The molecule has 1 spiro atoms. The molecule has 4 heterocycles. The third kappa shape index (κ3) is 1.95. The average molecular weight is 299 g/mol. The zero-order valence-corrected chi connectivity index (χ0v) is 12.6. The van der Waals surface area contributed by atoms with E-state index in [-0.39, 0.29) is 5.60 Å². The standard InChI is InChI=1S/C16H17N3OS/c1-2-12(21-5-1)7-19-9-16(10-19)13-6-17-15(11-3-4-11)18-14(13)8-20-16/h1-2,5-6,11H,3-4,7-10H2. The highest BCUT2D eigenvalue weighted by molar-refractivity contribution is 7.09. The van der Waals surface area contributed by atoms with Crippen LogP contribution in [0.1, 0.15) is 40.7 Å². The van der Waals surface area contributed by atoms with Crippen LogP contribution in [0.5, 0.6) is 0 Å². The van der Waals surface area contributed by atoms with E-state index in [1.165, 1.54) is 23.3 Å². The van der Waals surface area contributed by atoms with Crippen molar-refractivity contribution in [2.75, 3.05) is 13.1 Å². The molecule has 2 aliphatic heterocycles. The van der Waals surface area contributed by atoms with Crippen molar-refractivity contribution in [2.45, 2.75) is 37.5 Å². The van der Waals surface area contributed by atoms with Gasteiger partial charge in [-0.25, -0.2) is 9.97 Å². The Bertz CT molecular complexity index is 675. The third-order valence-electron chi connectivity index (χ3n) is 4.72. The van der Waals surface area contributed by atoms with Gasteiger partial charge in [0.25, 0.3) is 0 Å². The summed E-state index contributed by atoms with van der Waals surface area (Å²) in [5, 5.41) is 2.14. The van der Waals surface area contributed by atoms with E-state index in [9.17, 15) is 0 Å². The van der Waals surface area contributed by atoms with Gasteiger partial charge < -0.3 is 4.74 Å². The zero-order valence-electron chi connectivity index (χ0n) is 11.8. The van der Waals surface area contributed by atoms with E-state index in [4.69, 9.17) is 9.72 Å². The second-order valence-corrected chi connectivity index (χ2v) is 7.40. The summed E-state index contributed by atoms with van der Waals surface area (Å²) in [6.07, 6.45) is 4.53. The molecular weight excluding hydrogens is 282 g/mol. The number of likely N-dealkylation sites (tertiary alicyclic amines) is 1. The average Bonchev–Trinajstić information content (AvgIpc) is 3.06. The largest absolute Gasteiger partial charge is 0.361 e. The first-order chi connectivity index (χ1) is 10.3. The van der Waals surface area contributed by atoms with Gasteiger partial charge in [0.1, 0.15) is 11.4 Å². The highest BCUT2D eigenvalue weighted by Gasteiger charge is 2.51. The molecule has 1 saturated heterocycles. The molecule has 1 saturated carbocycles. The van der Waals surface area contributed by atoms with Crippen molar-refractivity contribution >= 4 is 11.3 Å². The molecule has 2 fully saturated rings. The third-order valence-corrected chi connectivity index (χ3v) is 5.58. The number of thiophene rings is 1. The maximum atomic E-state index is 6.11. The molecule has 0 N–H and O–H groups in total. The van der Waals surface area contributed by atoms with Crippen LogP contribution in [0.25, 0.3) is 0 Å². The fourth-order valence-electron chi connectivity index (χ4n) is 3.42. The summed E-state index contributed by atoms with van der Waals surface area (Å²) in [5.74, 6) is 1.65. The van der Waals surface area contributed by atoms with Gasteiger partial charge >= 0.3 is 0 Å². The maximum Gasteiger partial charge on any atom is 0.131 e. The van der Waals surface area contributed by atoms with Crippen molar-refractivity contribution in [1.82, 2.24) is 14.9 Å². The van der Waals surface area contributed by atoms with Crippen LogP contribution >= 0.6 is 11.3 Å². The lowest BCUT2D eigenvalue weighted by atomic mass is 9.87. The van der Waals surface area contributed by atoms with Gasteiger partial charge in [0.05, 0.1) is 12.3 Å². The molecule has 108 valence electrons. The van der Waals surface area contributed by atoms with Gasteiger partial charge in [-0.1, -0.05) is 6.07 Å². The van der Waals surface area contributed by atoms with Crippen LogP contribution in [0.2, 0.25) is 0 Å². The van der Waals surface area contributed by atoms with Crippen molar-refractivity contribution in [3.8, 4) is 0 Å². The number of aromatic nitrogens is 2. The van der Waals surface area contributed by atoms with Gasteiger partial charge in [0, 0.05) is 42.2 Å². The van der Waals surface area contributed by atoms with E-state index in [0.717, 1.165) is 31.2 Å². The molecule has 3 aliphatic rings. The van der Waals surface area contributed by atoms with E-state index < -0.39 is 0 Å². The van der Waals surface area contributed by atoms with E-state index in [1.807, 2.05) is 17.5 Å². The summed E-state index contributed by atoms with van der Waals surface area (Å²) in [6, 6.07) is 4.31. The number of rotatable bonds is 3. The number of nitrogens with zero attached hydrogens (tertiary/aromatic N) is 3. The smallest absolute Gasteiger partial charge is 0.131 e. The van der Waals surface area contributed by atoms with Crippen LogP contribution in [-0.4, -0.2) is 28.0 Å². The van der Waals surface area contributed by atoms with Crippen LogP contribution in [0.3, 0.4) is 0 Å². The predicted octanol–water partition coefficient (Wildman–Crippen LogP) is 2.66. The van der Waals surface area contributed by atoms with Gasteiger partial charge in [0.15, 0.2) is 0 Å². The maximum absolute atomic E-state index is 6.11. The summed E-state index contributed by atoms with van der Waals surface area (Å²) >= 11 is 1.82. The molecule has 0 unspecified atom stereocenters. The van der Waals surface area contributed by atoms with Crippen molar-refractivity contribution in [3.05, 3.63) is 45.7 Å². The minimum Gasteiger partial charge on any atom is -0.361 e. The monoisotopic (exact) mass is 299 g/mol. The van der Waals surface area contributed by atoms with Gasteiger partial charge in [-0.3, -0.25) is 4.90 Å². The quantitative estimate of drug-likeness (QED) is 0.873. The van der Waals surface area contributed by atoms with Crippen LogP contribution in [0.4, 0.5) is 0 Å². The predicted molar refractivity (Wildman–Crippen MR) is 80.1 cm³/mol. The molecule has 2 aromatic rings. The zero-order chi connectivity index (χ0) is 13.9. The lowest BCUT2D eigenvalue weighted by Gasteiger charge is -2.47. The highest BCUT2D eigenvalue weighted by Crippen LogP contribution is 2.45. The Morgan fingerprint density at radius 1 is 1.38 bits per heavy atom. The summed E-state index contributed by atoms with van der Waals surface area (Å²) in [6.45, 7) is 3.61. The highest BCUT2D eigenvalue weighted by atomic mass is 32.1. The van der Waals surface area contributed by atoms with E-state index >= 15 is 0 Å². The molecule has 4 nitrogen and oxygen atoms in total. The second kappa shape index (κ2) is 4.35. The molecule has 0 amide bonds. The van der Waals surface area contributed by atoms with Crippen LogP contribution < -0.4 is 0 Å². The Balaban J connectivity index is 1.34. The normalized spacial score (nSPS) is 23.2. The van der Waals surface area contributed by atoms with E-state index in [1.54, 1.807) is 0 Å².